The second kappa shape index (κ2) is 5.81. The first-order valence-corrected chi connectivity index (χ1v) is 5.53. The van der Waals surface area contributed by atoms with E-state index < -0.39 is 0 Å². The number of amides is 1. The van der Waals surface area contributed by atoms with Gasteiger partial charge in [-0.15, -0.1) is 0 Å². The van der Waals surface area contributed by atoms with E-state index in [9.17, 15) is 4.79 Å². The molecule has 0 aliphatic heterocycles. The average molecular weight is 259 g/mol. The molecule has 0 saturated heterocycles. The number of hydrogen-bond donors (Lipinski definition) is 1. The van der Waals surface area contributed by atoms with Gasteiger partial charge in [0.05, 0.1) is 25.5 Å². The van der Waals surface area contributed by atoms with Gasteiger partial charge in [0, 0.05) is 18.5 Å². The van der Waals surface area contributed by atoms with E-state index in [1.807, 2.05) is 0 Å². The summed E-state index contributed by atoms with van der Waals surface area (Å²) in [6.45, 7) is 0. The van der Waals surface area contributed by atoms with Gasteiger partial charge < -0.3 is 14.8 Å². The van der Waals surface area contributed by atoms with Crippen LogP contribution in [-0.2, 0) is 0 Å². The van der Waals surface area contributed by atoms with Gasteiger partial charge in [0.2, 0.25) is 0 Å². The molecule has 0 unspecified atom stereocenters. The van der Waals surface area contributed by atoms with Crippen molar-refractivity contribution in [3.8, 4) is 11.5 Å². The number of nitrogens with zero attached hydrogens (tertiary/aromatic N) is 2. The summed E-state index contributed by atoms with van der Waals surface area (Å²) in [6, 6.07) is 5.14. The summed E-state index contributed by atoms with van der Waals surface area (Å²) in [5.74, 6) is 0.867. The molecule has 0 atom stereocenters. The van der Waals surface area contributed by atoms with E-state index >= 15 is 0 Å². The van der Waals surface area contributed by atoms with Crippen LogP contribution in [0.2, 0.25) is 0 Å². The fraction of sp³-hybridized carbons (Fsp3) is 0.154. The van der Waals surface area contributed by atoms with Crippen molar-refractivity contribution in [2.75, 3.05) is 19.5 Å². The maximum Gasteiger partial charge on any atom is 0.258 e. The molecule has 98 valence electrons. The molecule has 1 N–H and O–H groups in total. The highest BCUT2D eigenvalue weighted by Crippen LogP contribution is 2.29. The highest BCUT2D eigenvalue weighted by atomic mass is 16.5. The molecule has 1 aromatic carbocycles. The van der Waals surface area contributed by atoms with Crippen molar-refractivity contribution in [1.82, 2.24) is 9.97 Å². The Morgan fingerprint density at radius 2 is 1.89 bits per heavy atom. The minimum atomic E-state index is -0.302. The van der Waals surface area contributed by atoms with Crippen LogP contribution < -0.4 is 14.8 Å². The Morgan fingerprint density at radius 1 is 1.16 bits per heavy atom. The summed E-state index contributed by atoms with van der Waals surface area (Å²) in [5, 5.41) is 2.73. The van der Waals surface area contributed by atoms with Crippen LogP contribution in [0.1, 0.15) is 10.4 Å². The molecule has 0 saturated carbocycles. The smallest absolute Gasteiger partial charge is 0.258 e. The summed E-state index contributed by atoms with van der Waals surface area (Å²) in [5.41, 5.74) is 0.928. The molecule has 19 heavy (non-hydrogen) atoms. The third kappa shape index (κ3) is 2.98. The zero-order valence-corrected chi connectivity index (χ0v) is 10.6. The number of carbonyl (C=O) groups is 1. The lowest BCUT2D eigenvalue weighted by molar-refractivity contribution is 0.102. The maximum atomic E-state index is 12.0. The molecule has 1 heterocycles. The molecule has 0 aliphatic carbocycles. The third-order valence-electron chi connectivity index (χ3n) is 2.48. The largest absolute Gasteiger partial charge is 0.497 e. The SMILES string of the molecule is COc1ccc(NC(=O)c2cncnc2)c(OC)c1. The zero-order chi connectivity index (χ0) is 13.7. The molecule has 6 heteroatoms. The van der Waals surface area contributed by atoms with E-state index in [0.717, 1.165) is 0 Å². The maximum absolute atomic E-state index is 12.0. The second-order valence-corrected chi connectivity index (χ2v) is 3.65. The lowest BCUT2D eigenvalue weighted by Gasteiger charge is -2.11. The van der Waals surface area contributed by atoms with Crippen LogP contribution in [0, 0.1) is 0 Å². The minimum Gasteiger partial charge on any atom is -0.497 e. The van der Waals surface area contributed by atoms with E-state index in [4.69, 9.17) is 9.47 Å². The highest BCUT2D eigenvalue weighted by molar-refractivity contribution is 6.04. The van der Waals surface area contributed by atoms with Crippen molar-refractivity contribution in [2.24, 2.45) is 0 Å². The normalized spacial score (nSPS) is 9.79. The number of nitrogens with one attached hydrogen (secondary N) is 1. The van der Waals surface area contributed by atoms with E-state index in [1.165, 1.54) is 25.8 Å². The van der Waals surface area contributed by atoms with Crippen molar-refractivity contribution in [3.05, 3.63) is 42.5 Å². The summed E-state index contributed by atoms with van der Waals surface area (Å²) in [4.78, 5) is 19.5. The number of rotatable bonds is 4. The number of aromatic nitrogens is 2. The van der Waals surface area contributed by atoms with Gasteiger partial charge in [0.25, 0.3) is 5.91 Å². The summed E-state index contributed by atoms with van der Waals surface area (Å²) in [6.07, 6.45) is 4.25. The van der Waals surface area contributed by atoms with Gasteiger partial charge >= 0.3 is 0 Å². The molecule has 0 spiro atoms. The van der Waals surface area contributed by atoms with E-state index in [2.05, 4.69) is 15.3 Å². The molecule has 0 aliphatic rings. The summed E-state index contributed by atoms with van der Waals surface area (Å²) in [7, 11) is 3.09. The van der Waals surface area contributed by atoms with Crippen molar-refractivity contribution < 1.29 is 14.3 Å². The fourth-order valence-corrected chi connectivity index (χ4v) is 1.51. The summed E-state index contributed by atoms with van der Waals surface area (Å²) >= 11 is 0. The van der Waals surface area contributed by atoms with Crippen molar-refractivity contribution in [1.29, 1.82) is 0 Å². The Balaban J connectivity index is 2.21. The third-order valence-corrected chi connectivity index (χ3v) is 2.48. The first-order valence-electron chi connectivity index (χ1n) is 5.53. The predicted octanol–water partition coefficient (Wildman–Crippen LogP) is 1.75. The van der Waals surface area contributed by atoms with Gasteiger partial charge in [0.15, 0.2) is 0 Å². The van der Waals surface area contributed by atoms with Crippen molar-refractivity contribution in [2.45, 2.75) is 0 Å². The quantitative estimate of drug-likeness (QED) is 0.905. The van der Waals surface area contributed by atoms with E-state index in [-0.39, 0.29) is 5.91 Å². The molecule has 1 aromatic heterocycles. The van der Waals surface area contributed by atoms with Crippen molar-refractivity contribution >= 4 is 11.6 Å². The molecule has 2 aromatic rings. The lowest BCUT2D eigenvalue weighted by atomic mass is 10.2. The molecule has 0 radical (unpaired) electrons. The Labute approximate surface area is 110 Å². The number of ether oxygens (including phenoxy) is 2. The van der Waals surface area contributed by atoms with Crippen LogP contribution in [0.3, 0.4) is 0 Å². The monoisotopic (exact) mass is 259 g/mol. The first-order chi connectivity index (χ1) is 9.24. The van der Waals surface area contributed by atoms with Gasteiger partial charge in [-0.1, -0.05) is 0 Å². The average Bonchev–Trinajstić information content (AvgIpc) is 2.48. The molecule has 6 nitrogen and oxygen atoms in total. The number of carbonyl (C=O) groups excluding carboxylic acids is 1. The minimum absolute atomic E-state index is 0.302. The van der Waals surface area contributed by atoms with E-state index in [1.54, 1.807) is 25.3 Å². The highest BCUT2D eigenvalue weighted by Gasteiger charge is 2.10. The Kier molecular flexibility index (Phi) is 3.92. The van der Waals surface area contributed by atoms with Gasteiger partial charge in [-0.2, -0.15) is 0 Å². The number of methoxy groups -OCH3 is 2. The van der Waals surface area contributed by atoms with Crippen molar-refractivity contribution in [3.63, 3.8) is 0 Å². The van der Waals surface area contributed by atoms with Crippen LogP contribution >= 0.6 is 0 Å². The molecule has 0 bridgehead atoms. The van der Waals surface area contributed by atoms with Gasteiger partial charge in [-0.05, 0) is 12.1 Å². The fourth-order valence-electron chi connectivity index (χ4n) is 1.51. The number of anilines is 1. The zero-order valence-electron chi connectivity index (χ0n) is 10.6. The molecule has 0 fully saturated rings. The van der Waals surface area contributed by atoms with Gasteiger partial charge in [-0.25, -0.2) is 9.97 Å². The van der Waals surface area contributed by atoms with Crippen LogP contribution in [0.5, 0.6) is 11.5 Å². The van der Waals surface area contributed by atoms with Crippen LogP contribution in [0.15, 0.2) is 36.9 Å². The second-order valence-electron chi connectivity index (χ2n) is 3.65. The Hall–Kier alpha value is -2.63. The van der Waals surface area contributed by atoms with Crippen LogP contribution in [-0.4, -0.2) is 30.1 Å². The Morgan fingerprint density at radius 3 is 2.53 bits per heavy atom. The molecular formula is C13H13N3O3. The first kappa shape index (κ1) is 12.8. The molecule has 2 rings (SSSR count). The molecule has 1 amide bonds. The summed E-state index contributed by atoms with van der Waals surface area (Å²) < 4.78 is 10.3. The number of benzene rings is 1. The number of hydrogen-bond acceptors (Lipinski definition) is 5. The van der Waals surface area contributed by atoms with E-state index in [0.29, 0.717) is 22.7 Å². The lowest BCUT2D eigenvalue weighted by Crippen LogP contribution is -2.13. The topological polar surface area (TPSA) is 73.3 Å². The van der Waals surface area contributed by atoms with Gasteiger partial charge in [0.1, 0.15) is 17.8 Å². The standard InChI is InChI=1S/C13H13N3O3/c1-18-10-3-4-11(12(5-10)19-2)16-13(17)9-6-14-8-15-7-9/h3-8H,1-2H3,(H,16,17). The Bertz CT molecular complexity index is 573. The van der Waals surface area contributed by atoms with Gasteiger partial charge in [-0.3, -0.25) is 4.79 Å². The van der Waals surface area contributed by atoms with Crippen LogP contribution in [0.25, 0.3) is 0 Å². The van der Waals surface area contributed by atoms with Crippen LogP contribution in [0.4, 0.5) is 5.69 Å². The predicted molar refractivity (Wildman–Crippen MR) is 69.5 cm³/mol. The molecular weight excluding hydrogens is 246 g/mol.